The molecule has 1 aliphatic rings. The number of carboxylic acids is 1. The molecule has 1 aliphatic carbocycles. The van der Waals surface area contributed by atoms with Crippen LogP contribution in [0.3, 0.4) is 0 Å². The zero-order valence-electron chi connectivity index (χ0n) is 11.1. The second kappa shape index (κ2) is 6.09. The first kappa shape index (κ1) is 14.6. The summed E-state index contributed by atoms with van der Waals surface area (Å²) in [4.78, 5) is 23.3. The van der Waals surface area contributed by atoms with Crippen LogP contribution in [0.5, 0.6) is 0 Å². The molecule has 1 N–H and O–H groups in total. The van der Waals surface area contributed by atoms with Crippen LogP contribution < -0.4 is 10.4 Å². The van der Waals surface area contributed by atoms with E-state index in [1.165, 1.54) is 0 Å². The first-order valence-corrected chi connectivity index (χ1v) is 6.78. The third-order valence-corrected chi connectivity index (χ3v) is 3.76. The highest BCUT2D eigenvalue weighted by atomic mass is 35.5. The minimum Gasteiger partial charge on any atom is -0.550 e. The molecule has 5 heteroatoms. The summed E-state index contributed by atoms with van der Waals surface area (Å²) in [6, 6.07) is 7.31. The van der Waals surface area contributed by atoms with Gasteiger partial charge in [-0.05, 0) is 31.9 Å². The monoisotopic (exact) mass is 292 g/mol. The molecule has 0 spiro atoms. The Hall–Kier alpha value is -1.81. The average Bonchev–Trinajstić information content (AvgIpc) is 2.41. The average molecular weight is 293 g/mol. The minimum atomic E-state index is -1.21. The lowest BCUT2D eigenvalue weighted by atomic mass is 9.82. The van der Waals surface area contributed by atoms with Crippen LogP contribution in [-0.2, 0) is 9.59 Å². The molecule has 106 valence electrons. The Balaban J connectivity index is 2.12. The first-order valence-electron chi connectivity index (χ1n) is 6.40. The summed E-state index contributed by atoms with van der Waals surface area (Å²) in [6.45, 7) is 1.95. The number of benzene rings is 1. The molecule has 0 unspecified atom stereocenters. The van der Waals surface area contributed by atoms with Gasteiger partial charge in [0.1, 0.15) is 0 Å². The normalized spacial score (nSPS) is 22.0. The Morgan fingerprint density at radius 1 is 1.25 bits per heavy atom. The van der Waals surface area contributed by atoms with Crippen LogP contribution in [0.2, 0.25) is 0 Å². The molecular weight excluding hydrogens is 278 g/mol. The van der Waals surface area contributed by atoms with E-state index in [0.717, 1.165) is 5.56 Å². The van der Waals surface area contributed by atoms with E-state index in [1.54, 1.807) is 18.2 Å². The van der Waals surface area contributed by atoms with Crippen LogP contribution >= 0.6 is 11.6 Å². The van der Waals surface area contributed by atoms with E-state index in [1.807, 2.05) is 19.1 Å². The van der Waals surface area contributed by atoms with Crippen molar-refractivity contribution in [3.63, 3.8) is 0 Å². The number of nitrogens with one attached hydrogen (secondary N) is 1. The highest BCUT2D eigenvalue weighted by Crippen LogP contribution is 2.32. The first-order chi connectivity index (χ1) is 9.47. The molecule has 0 radical (unpaired) electrons. The highest BCUT2D eigenvalue weighted by Gasteiger charge is 2.32. The number of carbonyl (C=O) groups is 2. The number of hydrogen-bond acceptors (Lipinski definition) is 3. The quantitative estimate of drug-likeness (QED) is 0.924. The highest BCUT2D eigenvalue weighted by molar-refractivity contribution is 6.29. The lowest BCUT2D eigenvalue weighted by Crippen LogP contribution is -2.42. The van der Waals surface area contributed by atoms with Crippen LogP contribution in [0.25, 0.3) is 0 Å². The molecule has 0 fully saturated rings. The number of aryl methyl sites for hydroxylation is 1. The number of halogens is 1. The topological polar surface area (TPSA) is 69.2 Å². The number of carboxylic acid groups (broad SMARTS) is 1. The summed E-state index contributed by atoms with van der Waals surface area (Å²) in [5.74, 6) is -3.08. The van der Waals surface area contributed by atoms with Crippen molar-refractivity contribution in [2.75, 3.05) is 5.32 Å². The number of allylic oxidation sites excluding steroid dienone is 2. The number of hydrogen-bond donors (Lipinski definition) is 1. The fourth-order valence-electron chi connectivity index (χ4n) is 2.26. The number of anilines is 1. The molecule has 0 bridgehead atoms. The van der Waals surface area contributed by atoms with E-state index in [4.69, 9.17) is 11.6 Å². The summed E-state index contributed by atoms with van der Waals surface area (Å²) in [7, 11) is 0. The number of aliphatic carboxylic acids is 1. The lowest BCUT2D eigenvalue weighted by Gasteiger charge is -2.29. The van der Waals surface area contributed by atoms with Gasteiger partial charge in [0.05, 0.1) is 5.92 Å². The van der Waals surface area contributed by atoms with Crippen LogP contribution in [0.15, 0.2) is 35.4 Å². The van der Waals surface area contributed by atoms with Gasteiger partial charge in [0.15, 0.2) is 0 Å². The van der Waals surface area contributed by atoms with Crippen molar-refractivity contribution < 1.29 is 14.7 Å². The molecule has 0 aliphatic heterocycles. The van der Waals surface area contributed by atoms with Crippen LogP contribution in [0.4, 0.5) is 5.69 Å². The number of amides is 1. The van der Waals surface area contributed by atoms with Crippen molar-refractivity contribution in [2.24, 2.45) is 11.8 Å². The molecule has 2 atom stereocenters. The van der Waals surface area contributed by atoms with Crippen molar-refractivity contribution in [1.82, 2.24) is 0 Å². The van der Waals surface area contributed by atoms with Gasteiger partial charge in [-0.25, -0.2) is 0 Å². The second-order valence-corrected chi connectivity index (χ2v) is 5.46. The molecule has 0 heterocycles. The van der Waals surface area contributed by atoms with Crippen molar-refractivity contribution in [3.05, 3.63) is 40.9 Å². The Labute approximate surface area is 122 Å². The van der Waals surface area contributed by atoms with Gasteiger partial charge >= 0.3 is 0 Å². The summed E-state index contributed by atoms with van der Waals surface area (Å²) in [6.07, 6.45) is 2.10. The predicted molar refractivity (Wildman–Crippen MR) is 75.0 cm³/mol. The molecule has 20 heavy (non-hydrogen) atoms. The molecule has 0 aromatic heterocycles. The van der Waals surface area contributed by atoms with Gasteiger partial charge in [-0.2, -0.15) is 0 Å². The van der Waals surface area contributed by atoms with E-state index >= 15 is 0 Å². The van der Waals surface area contributed by atoms with E-state index in [-0.39, 0.29) is 18.7 Å². The van der Waals surface area contributed by atoms with E-state index in [2.05, 4.69) is 5.32 Å². The maximum Gasteiger partial charge on any atom is 0.228 e. The van der Waals surface area contributed by atoms with E-state index in [9.17, 15) is 14.7 Å². The molecule has 1 aromatic carbocycles. The molecule has 2 rings (SSSR count). The molecule has 1 amide bonds. The van der Waals surface area contributed by atoms with Crippen molar-refractivity contribution in [2.45, 2.75) is 19.8 Å². The maximum absolute atomic E-state index is 12.2. The van der Waals surface area contributed by atoms with Gasteiger partial charge < -0.3 is 15.2 Å². The molecule has 0 saturated heterocycles. The van der Waals surface area contributed by atoms with Gasteiger partial charge in [-0.1, -0.05) is 35.4 Å². The molecular formula is C15H15ClNO3-. The zero-order chi connectivity index (χ0) is 14.7. The Kier molecular flexibility index (Phi) is 4.45. The van der Waals surface area contributed by atoms with Crippen LogP contribution in [-0.4, -0.2) is 11.9 Å². The van der Waals surface area contributed by atoms with Crippen LogP contribution in [0.1, 0.15) is 18.4 Å². The largest absolute Gasteiger partial charge is 0.550 e. The summed E-state index contributed by atoms with van der Waals surface area (Å²) >= 11 is 5.92. The standard InChI is InChI=1S/C15H16ClNO3/c1-9-2-5-11(6-3-9)17-14(18)13-8-10(16)4-7-12(13)15(19)20/h2-6,12-13H,7-8H2,1H3,(H,17,18)(H,19,20)/p-1/t12-,13+/m1/s1. The third kappa shape index (κ3) is 3.39. The zero-order valence-corrected chi connectivity index (χ0v) is 11.8. The number of rotatable bonds is 3. The Morgan fingerprint density at radius 3 is 2.50 bits per heavy atom. The third-order valence-electron chi connectivity index (χ3n) is 3.45. The summed E-state index contributed by atoms with van der Waals surface area (Å²) < 4.78 is 0. The van der Waals surface area contributed by atoms with Crippen molar-refractivity contribution in [3.8, 4) is 0 Å². The van der Waals surface area contributed by atoms with E-state index < -0.39 is 17.8 Å². The second-order valence-electron chi connectivity index (χ2n) is 4.98. The predicted octanol–water partition coefficient (Wildman–Crippen LogP) is 1.83. The Morgan fingerprint density at radius 2 is 1.90 bits per heavy atom. The van der Waals surface area contributed by atoms with Crippen LogP contribution in [0, 0.1) is 18.8 Å². The van der Waals surface area contributed by atoms with Gasteiger partial charge in [-0.3, -0.25) is 4.79 Å². The van der Waals surface area contributed by atoms with Gasteiger partial charge in [0, 0.05) is 22.6 Å². The van der Waals surface area contributed by atoms with E-state index in [0.29, 0.717) is 10.7 Å². The molecule has 1 aromatic rings. The fraction of sp³-hybridized carbons (Fsp3) is 0.333. The summed E-state index contributed by atoms with van der Waals surface area (Å²) in [5.41, 5.74) is 1.72. The van der Waals surface area contributed by atoms with Crippen molar-refractivity contribution >= 4 is 29.2 Å². The van der Waals surface area contributed by atoms with Gasteiger partial charge in [-0.15, -0.1) is 0 Å². The SMILES string of the molecule is Cc1ccc(NC(=O)[C@H]2CC(Cl)=CC[C@H]2C(=O)[O-])cc1. The molecule has 0 saturated carbocycles. The summed E-state index contributed by atoms with van der Waals surface area (Å²) in [5, 5.41) is 14.4. The van der Waals surface area contributed by atoms with Gasteiger partial charge in [0.2, 0.25) is 5.91 Å². The van der Waals surface area contributed by atoms with Crippen molar-refractivity contribution in [1.29, 1.82) is 0 Å². The minimum absolute atomic E-state index is 0.229. The fourth-order valence-corrected chi connectivity index (χ4v) is 2.52. The Bertz CT molecular complexity index is 551. The maximum atomic E-state index is 12.2. The smallest absolute Gasteiger partial charge is 0.228 e. The molecule has 4 nitrogen and oxygen atoms in total. The number of carbonyl (C=O) groups excluding carboxylic acids is 2. The lowest BCUT2D eigenvalue weighted by molar-refractivity contribution is -0.313. The van der Waals surface area contributed by atoms with Gasteiger partial charge in [0.25, 0.3) is 0 Å².